The Kier molecular flexibility index (Phi) is 2.92. The lowest BCUT2D eigenvalue weighted by Crippen LogP contribution is -2.34. The Labute approximate surface area is 68.4 Å². The second-order valence-electron chi connectivity index (χ2n) is 3.60. The fraction of sp³-hybridized carbons (Fsp3) is 0.889. The third kappa shape index (κ3) is 2.52. The molecule has 0 bridgehead atoms. The molecule has 0 aromatic carbocycles. The van der Waals surface area contributed by atoms with Crippen LogP contribution in [-0.2, 0) is 4.79 Å². The summed E-state index contributed by atoms with van der Waals surface area (Å²) < 4.78 is 0. The Balaban J connectivity index is 2.00. The monoisotopic (exact) mass is 155 g/mol. The first-order valence-corrected chi connectivity index (χ1v) is 4.49. The number of carbonyl (C=O) groups excluding carboxylic acids is 1. The van der Waals surface area contributed by atoms with Gasteiger partial charge in [0.25, 0.3) is 0 Å². The van der Waals surface area contributed by atoms with E-state index in [4.69, 9.17) is 0 Å². The molecule has 2 heteroatoms. The Morgan fingerprint density at radius 2 is 2.18 bits per heavy atom. The van der Waals surface area contributed by atoms with Gasteiger partial charge < -0.3 is 5.32 Å². The number of carbonyl (C=O) groups is 1. The van der Waals surface area contributed by atoms with Crippen LogP contribution in [0.3, 0.4) is 0 Å². The maximum absolute atomic E-state index is 10.8. The highest BCUT2D eigenvalue weighted by molar-refractivity contribution is 5.75. The third-order valence-corrected chi connectivity index (χ3v) is 2.38. The lowest BCUT2D eigenvalue weighted by molar-refractivity contribution is -0.121. The van der Waals surface area contributed by atoms with Gasteiger partial charge in [0.1, 0.15) is 0 Å². The van der Waals surface area contributed by atoms with Gasteiger partial charge in [-0.1, -0.05) is 13.8 Å². The topological polar surface area (TPSA) is 29.1 Å². The van der Waals surface area contributed by atoms with Gasteiger partial charge in [0.2, 0.25) is 5.91 Å². The average molecular weight is 155 g/mol. The van der Waals surface area contributed by atoms with Gasteiger partial charge >= 0.3 is 0 Å². The zero-order valence-electron chi connectivity index (χ0n) is 7.39. The summed E-state index contributed by atoms with van der Waals surface area (Å²) >= 11 is 0. The largest absolute Gasteiger partial charge is 0.356 e. The SMILES string of the molecule is CCC(=O)NCC1CC(C)C1. The minimum atomic E-state index is 0.185. The zero-order valence-corrected chi connectivity index (χ0v) is 7.39. The van der Waals surface area contributed by atoms with Gasteiger partial charge in [-0.15, -0.1) is 0 Å². The van der Waals surface area contributed by atoms with E-state index in [1.54, 1.807) is 0 Å². The second-order valence-corrected chi connectivity index (χ2v) is 3.60. The third-order valence-electron chi connectivity index (χ3n) is 2.38. The Morgan fingerprint density at radius 3 is 2.64 bits per heavy atom. The van der Waals surface area contributed by atoms with E-state index < -0.39 is 0 Å². The van der Waals surface area contributed by atoms with Crippen LogP contribution in [0.4, 0.5) is 0 Å². The van der Waals surface area contributed by atoms with Crippen LogP contribution >= 0.6 is 0 Å². The summed E-state index contributed by atoms with van der Waals surface area (Å²) in [7, 11) is 0. The van der Waals surface area contributed by atoms with Crippen molar-refractivity contribution in [2.24, 2.45) is 11.8 Å². The van der Waals surface area contributed by atoms with Crippen molar-refractivity contribution >= 4 is 5.91 Å². The summed E-state index contributed by atoms with van der Waals surface area (Å²) in [6.45, 7) is 5.05. The van der Waals surface area contributed by atoms with Crippen LogP contribution in [0.1, 0.15) is 33.1 Å². The van der Waals surface area contributed by atoms with E-state index in [9.17, 15) is 4.79 Å². The summed E-state index contributed by atoms with van der Waals surface area (Å²) in [4.78, 5) is 10.8. The molecule has 1 saturated carbocycles. The zero-order chi connectivity index (χ0) is 8.27. The van der Waals surface area contributed by atoms with E-state index >= 15 is 0 Å². The molecular weight excluding hydrogens is 138 g/mol. The molecule has 0 radical (unpaired) electrons. The van der Waals surface area contributed by atoms with Crippen molar-refractivity contribution < 1.29 is 4.79 Å². The van der Waals surface area contributed by atoms with Crippen LogP contribution in [0, 0.1) is 11.8 Å². The maximum atomic E-state index is 10.8. The molecule has 0 atom stereocenters. The first-order chi connectivity index (χ1) is 5.22. The average Bonchev–Trinajstić information content (AvgIpc) is 1.95. The van der Waals surface area contributed by atoms with Crippen molar-refractivity contribution in [1.29, 1.82) is 0 Å². The molecule has 0 saturated heterocycles. The van der Waals surface area contributed by atoms with E-state index in [1.807, 2.05) is 6.92 Å². The molecule has 11 heavy (non-hydrogen) atoms. The van der Waals surface area contributed by atoms with Crippen molar-refractivity contribution in [1.82, 2.24) is 5.32 Å². The predicted octanol–water partition coefficient (Wildman–Crippen LogP) is 1.56. The van der Waals surface area contributed by atoms with Crippen molar-refractivity contribution in [2.45, 2.75) is 33.1 Å². The molecule has 0 unspecified atom stereocenters. The summed E-state index contributed by atoms with van der Waals surface area (Å²) in [6.07, 6.45) is 3.20. The van der Waals surface area contributed by atoms with Gasteiger partial charge in [-0.3, -0.25) is 4.79 Å². The predicted molar refractivity (Wildman–Crippen MR) is 45.2 cm³/mol. The second kappa shape index (κ2) is 3.74. The van der Waals surface area contributed by atoms with Crippen LogP contribution in [0.15, 0.2) is 0 Å². The summed E-state index contributed by atoms with van der Waals surface area (Å²) in [6, 6.07) is 0. The number of nitrogens with one attached hydrogen (secondary N) is 1. The van der Waals surface area contributed by atoms with Gasteiger partial charge in [0.05, 0.1) is 0 Å². The fourth-order valence-electron chi connectivity index (χ4n) is 1.62. The van der Waals surface area contributed by atoms with E-state index in [0.29, 0.717) is 6.42 Å². The minimum Gasteiger partial charge on any atom is -0.356 e. The van der Waals surface area contributed by atoms with Crippen molar-refractivity contribution in [3.05, 3.63) is 0 Å². The molecule has 0 heterocycles. The van der Waals surface area contributed by atoms with Gasteiger partial charge in [0.15, 0.2) is 0 Å². The Hall–Kier alpha value is -0.530. The molecule has 1 aliphatic rings. The number of amides is 1. The van der Waals surface area contributed by atoms with Crippen LogP contribution in [0.2, 0.25) is 0 Å². The summed E-state index contributed by atoms with van der Waals surface area (Å²) in [5, 5.41) is 2.92. The molecular formula is C9H17NO. The molecule has 1 rings (SSSR count). The first-order valence-electron chi connectivity index (χ1n) is 4.49. The van der Waals surface area contributed by atoms with E-state index in [2.05, 4.69) is 12.2 Å². The van der Waals surface area contributed by atoms with E-state index in [1.165, 1.54) is 12.8 Å². The Morgan fingerprint density at radius 1 is 1.55 bits per heavy atom. The minimum absolute atomic E-state index is 0.185. The van der Waals surface area contributed by atoms with Gasteiger partial charge in [-0.2, -0.15) is 0 Å². The fourth-order valence-corrected chi connectivity index (χ4v) is 1.62. The van der Waals surface area contributed by atoms with Gasteiger partial charge in [-0.05, 0) is 24.7 Å². The maximum Gasteiger partial charge on any atom is 0.219 e. The molecule has 0 spiro atoms. The normalized spacial score (nSPS) is 29.3. The lowest BCUT2D eigenvalue weighted by atomic mass is 9.76. The Bertz CT molecular complexity index is 138. The molecule has 1 fully saturated rings. The molecule has 0 aromatic heterocycles. The summed E-state index contributed by atoms with van der Waals surface area (Å²) in [5.41, 5.74) is 0. The number of rotatable bonds is 3. The number of hydrogen-bond acceptors (Lipinski definition) is 1. The van der Waals surface area contributed by atoms with Gasteiger partial charge in [0, 0.05) is 13.0 Å². The van der Waals surface area contributed by atoms with Crippen molar-refractivity contribution in [2.75, 3.05) is 6.54 Å². The molecule has 1 amide bonds. The van der Waals surface area contributed by atoms with E-state index in [-0.39, 0.29) is 5.91 Å². The molecule has 0 aliphatic heterocycles. The lowest BCUT2D eigenvalue weighted by Gasteiger charge is -2.32. The quantitative estimate of drug-likeness (QED) is 0.658. The molecule has 64 valence electrons. The molecule has 1 aliphatic carbocycles. The van der Waals surface area contributed by atoms with E-state index in [0.717, 1.165) is 18.4 Å². The first kappa shape index (κ1) is 8.57. The van der Waals surface area contributed by atoms with Crippen LogP contribution in [0.25, 0.3) is 0 Å². The van der Waals surface area contributed by atoms with Crippen molar-refractivity contribution in [3.8, 4) is 0 Å². The van der Waals surface area contributed by atoms with Gasteiger partial charge in [-0.25, -0.2) is 0 Å². The molecule has 0 aromatic rings. The molecule has 2 nitrogen and oxygen atoms in total. The highest BCUT2D eigenvalue weighted by atomic mass is 16.1. The highest BCUT2D eigenvalue weighted by Crippen LogP contribution is 2.32. The van der Waals surface area contributed by atoms with Crippen LogP contribution in [-0.4, -0.2) is 12.5 Å². The molecule has 1 N–H and O–H groups in total. The highest BCUT2D eigenvalue weighted by Gasteiger charge is 2.24. The van der Waals surface area contributed by atoms with Crippen LogP contribution in [0.5, 0.6) is 0 Å². The summed E-state index contributed by atoms with van der Waals surface area (Å²) in [5.74, 6) is 1.84. The van der Waals surface area contributed by atoms with Crippen LogP contribution < -0.4 is 5.32 Å². The smallest absolute Gasteiger partial charge is 0.219 e. The number of hydrogen-bond donors (Lipinski definition) is 1. The standard InChI is InChI=1S/C9H17NO/c1-3-9(11)10-6-8-4-7(2)5-8/h7-8H,3-6H2,1-2H3,(H,10,11). The van der Waals surface area contributed by atoms with Crippen molar-refractivity contribution in [3.63, 3.8) is 0 Å².